The van der Waals surface area contributed by atoms with E-state index in [1.165, 1.54) is 6.07 Å². The Bertz CT molecular complexity index is 906. The van der Waals surface area contributed by atoms with Crippen LogP contribution in [0.2, 0.25) is 0 Å². The zero-order chi connectivity index (χ0) is 22.4. The van der Waals surface area contributed by atoms with Crippen LogP contribution in [-0.2, 0) is 13.0 Å². The van der Waals surface area contributed by atoms with Crippen LogP contribution in [0.25, 0.3) is 0 Å². The van der Waals surface area contributed by atoms with Gasteiger partial charge in [-0.1, -0.05) is 18.2 Å². The normalized spacial score (nSPS) is 18.7. The second kappa shape index (κ2) is 10.3. The minimum absolute atomic E-state index is 0.0248. The minimum atomic E-state index is -2.95. The summed E-state index contributed by atoms with van der Waals surface area (Å²) in [5, 5.41) is 14.5. The number of anilines is 2. The topological polar surface area (TPSA) is 142 Å². The van der Waals surface area contributed by atoms with E-state index in [9.17, 15) is 18.9 Å². The lowest BCUT2D eigenvalue weighted by Crippen LogP contribution is -2.23. The van der Waals surface area contributed by atoms with Crippen molar-refractivity contribution in [1.29, 1.82) is 0 Å². The average molecular weight is 436 g/mol. The van der Waals surface area contributed by atoms with E-state index in [4.69, 9.17) is 11.5 Å². The highest BCUT2D eigenvalue weighted by Gasteiger charge is 2.28. The fraction of sp³-hybridized carbons (Fsp3) is 0.500. The van der Waals surface area contributed by atoms with Crippen LogP contribution >= 0.6 is 0 Å². The highest BCUT2D eigenvalue weighted by Crippen LogP contribution is 2.34. The maximum atomic E-state index is 12.6. The molecule has 2 aromatic rings. The Labute approximate surface area is 178 Å². The lowest BCUT2D eigenvalue weighted by molar-refractivity contribution is -0.385. The lowest BCUT2D eigenvalue weighted by Gasteiger charge is -2.27. The average Bonchev–Trinajstić information content (AvgIpc) is 2.72. The Hall–Kier alpha value is -3.08. The second-order valence-electron chi connectivity index (χ2n) is 7.65. The Kier molecular flexibility index (Phi) is 7.50. The molecule has 0 atom stereocenters. The molecule has 0 spiro atoms. The van der Waals surface area contributed by atoms with Gasteiger partial charge in [0.05, 0.1) is 4.92 Å². The molecule has 0 amide bonds. The smallest absolute Gasteiger partial charge is 0.387 e. The molecule has 1 aromatic carbocycles. The van der Waals surface area contributed by atoms with Gasteiger partial charge < -0.3 is 21.5 Å². The maximum Gasteiger partial charge on any atom is 0.387 e. The summed E-state index contributed by atoms with van der Waals surface area (Å²) >= 11 is 0. The van der Waals surface area contributed by atoms with Gasteiger partial charge in [0.1, 0.15) is 11.4 Å². The van der Waals surface area contributed by atoms with Gasteiger partial charge in [0.15, 0.2) is 0 Å². The molecule has 3 rings (SSSR count). The number of alkyl halides is 2. The number of aromatic nitrogens is 2. The largest absolute Gasteiger partial charge is 0.434 e. The van der Waals surface area contributed by atoms with Gasteiger partial charge in [-0.2, -0.15) is 13.8 Å². The lowest BCUT2D eigenvalue weighted by atomic mass is 9.80. The van der Waals surface area contributed by atoms with Gasteiger partial charge in [-0.3, -0.25) is 10.1 Å². The zero-order valence-electron chi connectivity index (χ0n) is 17.0. The van der Waals surface area contributed by atoms with Gasteiger partial charge in [-0.15, -0.1) is 0 Å². The van der Waals surface area contributed by atoms with Gasteiger partial charge in [-0.05, 0) is 56.6 Å². The molecule has 1 heterocycles. The molecule has 1 aliphatic carbocycles. The first-order chi connectivity index (χ1) is 14.9. The molecule has 1 aromatic heterocycles. The number of nitrogens with two attached hydrogens (primary N) is 2. The highest BCUT2D eigenvalue weighted by atomic mass is 19.3. The van der Waals surface area contributed by atoms with Crippen LogP contribution in [0.15, 0.2) is 24.3 Å². The molecule has 31 heavy (non-hydrogen) atoms. The summed E-state index contributed by atoms with van der Waals surface area (Å²) in [5.74, 6) is 0.640. The molecule has 0 bridgehead atoms. The number of para-hydroxylation sites is 1. The number of nitrogens with zero attached hydrogens (tertiary/aromatic N) is 3. The Morgan fingerprint density at radius 2 is 1.87 bits per heavy atom. The number of ether oxygens (including phenoxy) is 1. The van der Waals surface area contributed by atoms with Crippen molar-refractivity contribution in [2.75, 3.05) is 17.6 Å². The van der Waals surface area contributed by atoms with Crippen molar-refractivity contribution in [3.05, 3.63) is 45.6 Å². The van der Waals surface area contributed by atoms with Crippen molar-refractivity contribution >= 4 is 17.5 Å². The minimum Gasteiger partial charge on any atom is -0.434 e. The van der Waals surface area contributed by atoms with E-state index in [1.807, 2.05) is 0 Å². The van der Waals surface area contributed by atoms with Gasteiger partial charge in [0.2, 0.25) is 11.8 Å². The number of benzene rings is 1. The van der Waals surface area contributed by atoms with E-state index in [1.54, 1.807) is 18.2 Å². The number of hydrogen-bond donors (Lipinski definition) is 3. The fourth-order valence-electron chi connectivity index (χ4n) is 3.92. The van der Waals surface area contributed by atoms with Crippen molar-refractivity contribution in [2.45, 2.75) is 45.3 Å². The molecule has 168 valence electrons. The van der Waals surface area contributed by atoms with E-state index in [0.29, 0.717) is 24.4 Å². The van der Waals surface area contributed by atoms with Gasteiger partial charge in [0.25, 0.3) is 0 Å². The summed E-state index contributed by atoms with van der Waals surface area (Å²) < 4.78 is 29.7. The third-order valence-electron chi connectivity index (χ3n) is 5.57. The predicted molar refractivity (Wildman–Crippen MR) is 112 cm³/mol. The molecule has 0 unspecified atom stereocenters. The molecule has 0 aliphatic heterocycles. The molecule has 0 saturated heterocycles. The van der Waals surface area contributed by atoms with Crippen molar-refractivity contribution in [2.24, 2.45) is 17.6 Å². The first-order valence-corrected chi connectivity index (χ1v) is 10.1. The summed E-state index contributed by atoms with van der Waals surface area (Å²) in [6.45, 7) is -2.22. The Morgan fingerprint density at radius 3 is 2.52 bits per heavy atom. The van der Waals surface area contributed by atoms with Gasteiger partial charge in [0, 0.05) is 12.1 Å². The summed E-state index contributed by atoms with van der Waals surface area (Å²) in [6, 6.07) is 6.32. The van der Waals surface area contributed by atoms with Crippen LogP contribution in [0.5, 0.6) is 5.75 Å². The number of halogens is 2. The Morgan fingerprint density at radius 1 is 1.19 bits per heavy atom. The molecular formula is C20H26F2N6O3. The number of nitro groups is 1. The van der Waals surface area contributed by atoms with Crippen LogP contribution in [-0.4, -0.2) is 28.0 Å². The van der Waals surface area contributed by atoms with Crippen LogP contribution < -0.4 is 21.5 Å². The summed E-state index contributed by atoms with van der Waals surface area (Å²) in [4.78, 5) is 19.3. The third kappa shape index (κ3) is 5.97. The van der Waals surface area contributed by atoms with Crippen molar-refractivity contribution < 1.29 is 18.4 Å². The second-order valence-corrected chi connectivity index (χ2v) is 7.65. The van der Waals surface area contributed by atoms with E-state index >= 15 is 0 Å². The van der Waals surface area contributed by atoms with Gasteiger partial charge >= 0.3 is 12.3 Å². The van der Waals surface area contributed by atoms with Crippen LogP contribution in [0.4, 0.5) is 26.2 Å². The standard InChI is InChI=1S/C20H26F2N6O3/c21-19(22)31-16-4-2-1-3-14(16)11-25-20-26-15(17(28(29)30)18(24)27-20)9-12-5-7-13(10-23)8-6-12/h1-4,12-13,19H,5-11,23H2,(H3,24,25,26,27). The summed E-state index contributed by atoms with van der Waals surface area (Å²) in [5.41, 5.74) is 12.1. The quantitative estimate of drug-likeness (QED) is 0.400. The predicted octanol–water partition coefficient (Wildman–Crippen LogP) is 3.49. The molecule has 11 heteroatoms. The van der Waals surface area contributed by atoms with Crippen molar-refractivity contribution in [1.82, 2.24) is 9.97 Å². The molecule has 1 fully saturated rings. The van der Waals surface area contributed by atoms with Crippen LogP contribution in [0, 0.1) is 22.0 Å². The molecule has 9 nitrogen and oxygen atoms in total. The molecule has 0 radical (unpaired) electrons. The van der Waals surface area contributed by atoms with E-state index in [2.05, 4.69) is 20.0 Å². The molecule has 5 N–H and O–H groups in total. The number of nitrogen functional groups attached to an aromatic ring is 1. The monoisotopic (exact) mass is 436 g/mol. The van der Waals surface area contributed by atoms with Crippen LogP contribution in [0.3, 0.4) is 0 Å². The van der Waals surface area contributed by atoms with Gasteiger partial charge in [-0.25, -0.2) is 4.98 Å². The first-order valence-electron chi connectivity index (χ1n) is 10.1. The number of nitrogens with one attached hydrogen (secondary N) is 1. The number of rotatable bonds is 9. The molecule has 1 saturated carbocycles. The molecule has 1 aliphatic rings. The molecular weight excluding hydrogens is 410 g/mol. The third-order valence-corrected chi connectivity index (χ3v) is 5.57. The van der Waals surface area contributed by atoms with E-state index < -0.39 is 11.5 Å². The SMILES string of the molecule is NCC1CCC(Cc2nc(NCc3ccccc3OC(F)F)nc(N)c2[N+](=O)[O-])CC1. The highest BCUT2D eigenvalue weighted by molar-refractivity contribution is 5.58. The summed E-state index contributed by atoms with van der Waals surface area (Å²) in [6.07, 6.45) is 4.23. The zero-order valence-corrected chi connectivity index (χ0v) is 17.0. The number of hydrogen-bond acceptors (Lipinski definition) is 8. The van der Waals surface area contributed by atoms with E-state index in [0.717, 1.165) is 25.7 Å². The first kappa shape index (κ1) is 22.6. The fourth-order valence-corrected chi connectivity index (χ4v) is 3.92. The summed E-state index contributed by atoms with van der Waals surface area (Å²) in [7, 11) is 0. The maximum absolute atomic E-state index is 12.6. The van der Waals surface area contributed by atoms with Crippen molar-refractivity contribution in [3.63, 3.8) is 0 Å². The van der Waals surface area contributed by atoms with E-state index in [-0.39, 0.29) is 41.4 Å². The van der Waals surface area contributed by atoms with Crippen molar-refractivity contribution in [3.8, 4) is 5.75 Å². The van der Waals surface area contributed by atoms with Crippen LogP contribution in [0.1, 0.15) is 36.9 Å². The Balaban J connectivity index is 1.77.